The van der Waals surface area contributed by atoms with Crippen LogP contribution in [0.25, 0.3) is 0 Å². The van der Waals surface area contributed by atoms with Gasteiger partial charge in [0.1, 0.15) is 11.6 Å². The number of carbonyl (C=O) groups is 1. The highest BCUT2D eigenvalue weighted by Gasteiger charge is 2.20. The molecule has 17 heavy (non-hydrogen) atoms. The third kappa shape index (κ3) is 3.36. The van der Waals surface area contributed by atoms with Gasteiger partial charge in [0.05, 0.1) is 4.47 Å². The summed E-state index contributed by atoms with van der Waals surface area (Å²) in [5, 5.41) is 3.24. The van der Waals surface area contributed by atoms with Gasteiger partial charge in [0.2, 0.25) is 0 Å². The van der Waals surface area contributed by atoms with Crippen LogP contribution in [0, 0.1) is 11.7 Å². The van der Waals surface area contributed by atoms with Gasteiger partial charge in [-0.15, -0.1) is 0 Å². The minimum atomic E-state index is -0.289. The molecule has 0 bridgehead atoms. The molecule has 1 aliphatic heterocycles. The van der Waals surface area contributed by atoms with E-state index >= 15 is 0 Å². The Morgan fingerprint density at radius 2 is 2.12 bits per heavy atom. The van der Waals surface area contributed by atoms with E-state index in [1.807, 2.05) is 0 Å². The molecule has 2 nitrogen and oxygen atoms in total. The predicted molar refractivity (Wildman–Crippen MR) is 68.4 cm³/mol. The minimum Gasteiger partial charge on any atom is -0.317 e. The Morgan fingerprint density at radius 1 is 1.41 bits per heavy atom. The molecule has 1 aromatic carbocycles. The van der Waals surface area contributed by atoms with Crippen LogP contribution >= 0.6 is 15.9 Å². The van der Waals surface area contributed by atoms with Gasteiger partial charge in [-0.3, -0.25) is 4.79 Å². The second-order valence-corrected chi connectivity index (χ2v) is 5.27. The summed E-state index contributed by atoms with van der Waals surface area (Å²) < 4.78 is 13.5. The zero-order valence-corrected chi connectivity index (χ0v) is 11.1. The highest BCUT2D eigenvalue weighted by atomic mass is 79.9. The van der Waals surface area contributed by atoms with Gasteiger partial charge in [0.25, 0.3) is 0 Å². The summed E-state index contributed by atoms with van der Waals surface area (Å²) in [7, 11) is 0. The molecule has 0 aliphatic carbocycles. The summed E-state index contributed by atoms with van der Waals surface area (Å²) in [6, 6.07) is 4.77. The van der Waals surface area contributed by atoms with E-state index in [0.29, 0.717) is 10.9 Å². The van der Waals surface area contributed by atoms with Crippen molar-refractivity contribution in [2.24, 2.45) is 5.92 Å². The lowest BCUT2D eigenvalue weighted by Crippen LogP contribution is -2.32. The molecule has 0 atom stereocenters. The zero-order valence-electron chi connectivity index (χ0n) is 9.51. The van der Waals surface area contributed by atoms with Gasteiger partial charge in [-0.1, -0.05) is 6.07 Å². The van der Waals surface area contributed by atoms with Crippen LogP contribution in [0.3, 0.4) is 0 Å². The summed E-state index contributed by atoms with van der Waals surface area (Å²) in [4.78, 5) is 12.0. The molecule has 4 heteroatoms. The monoisotopic (exact) mass is 299 g/mol. The standard InChI is InChI=1S/C13H15BrFNO/c14-11-7-9(1-2-12(11)15)8-13(17)10-3-5-16-6-4-10/h1-2,7,10,16H,3-6,8H2. The van der Waals surface area contributed by atoms with Gasteiger partial charge in [-0.2, -0.15) is 0 Å². The Balaban J connectivity index is 1.99. The summed E-state index contributed by atoms with van der Waals surface area (Å²) >= 11 is 3.14. The fraction of sp³-hybridized carbons (Fsp3) is 0.462. The van der Waals surface area contributed by atoms with Crippen molar-refractivity contribution in [3.05, 3.63) is 34.1 Å². The molecule has 0 amide bonds. The van der Waals surface area contributed by atoms with E-state index < -0.39 is 0 Å². The summed E-state index contributed by atoms with van der Waals surface area (Å²) in [5.74, 6) is 0.146. The highest BCUT2D eigenvalue weighted by Crippen LogP contribution is 2.20. The van der Waals surface area contributed by atoms with Crippen LogP contribution in [0.4, 0.5) is 4.39 Å². The van der Waals surface area contributed by atoms with E-state index in [0.717, 1.165) is 31.5 Å². The number of Topliss-reactive ketones (excluding diaryl/α,β-unsaturated/α-hetero) is 1. The minimum absolute atomic E-state index is 0.167. The van der Waals surface area contributed by atoms with Crippen LogP contribution < -0.4 is 5.32 Å². The van der Waals surface area contributed by atoms with Crippen molar-refractivity contribution < 1.29 is 9.18 Å². The van der Waals surface area contributed by atoms with E-state index in [1.165, 1.54) is 6.07 Å². The Labute approximate surface area is 109 Å². The quantitative estimate of drug-likeness (QED) is 0.930. The maximum absolute atomic E-state index is 13.1. The predicted octanol–water partition coefficient (Wildman–Crippen LogP) is 2.70. The van der Waals surface area contributed by atoms with Crippen molar-refractivity contribution in [1.29, 1.82) is 0 Å². The van der Waals surface area contributed by atoms with E-state index in [-0.39, 0.29) is 17.5 Å². The van der Waals surface area contributed by atoms with Gasteiger partial charge in [-0.05, 0) is 59.6 Å². The molecule has 1 aromatic rings. The average molecular weight is 300 g/mol. The van der Waals surface area contributed by atoms with Crippen molar-refractivity contribution in [3.8, 4) is 0 Å². The fourth-order valence-corrected chi connectivity index (χ4v) is 2.57. The highest BCUT2D eigenvalue weighted by molar-refractivity contribution is 9.10. The van der Waals surface area contributed by atoms with Crippen molar-refractivity contribution in [1.82, 2.24) is 5.32 Å². The maximum atomic E-state index is 13.1. The number of benzene rings is 1. The third-order valence-electron chi connectivity index (χ3n) is 3.16. The topological polar surface area (TPSA) is 29.1 Å². The molecule has 1 N–H and O–H groups in total. The van der Waals surface area contributed by atoms with Gasteiger partial charge < -0.3 is 5.32 Å². The molecular weight excluding hydrogens is 285 g/mol. The van der Waals surface area contributed by atoms with Crippen LogP contribution in [0.15, 0.2) is 22.7 Å². The van der Waals surface area contributed by atoms with Crippen LogP contribution in [0.5, 0.6) is 0 Å². The number of nitrogens with one attached hydrogen (secondary N) is 1. The molecule has 0 spiro atoms. The van der Waals surface area contributed by atoms with E-state index in [9.17, 15) is 9.18 Å². The lowest BCUT2D eigenvalue weighted by Gasteiger charge is -2.21. The third-order valence-corrected chi connectivity index (χ3v) is 3.76. The number of halogens is 2. The van der Waals surface area contributed by atoms with E-state index in [4.69, 9.17) is 0 Å². The molecule has 0 saturated carbocycles. The first-order chi connectivity index (χ1) is 8.16. The first-order valence-electron chi connectivity index (χ1n) is 5.84. The number of hydrogen-bond donors (Lipinski definition) is 1. The molecule has 1 heterocycles. The van der Waals surface area contributed by atoms with Crippen LogP contribution in [0.2, 0.25) is 0 Å². The number of carbonyl (C=O) groups excluding carboxylic acids is 1. The van der Waals surface area contributed by atoms with Crippen molar-refractivity contribution in [2.75, 3.05) is 13.1 Å². The van der Waals surface area contributed by atoms with Gasteiger partial charge in [0.15, 0.2) is 0 Å². The first kappa shape index (κ1) is 12.7. The average Bonchev–Trinajstić information content (AvgIpc) is 2.35. The largest absolute Gasteiger partial charge is 0.317 e. The molecule has 0 unspecified atom stereocenters. The normalized spacial score (nSPS) is 17.1. The molecule has 92 valence electrons. The molecule has 1 aliphatic rings. The number of piperidine rings is 1. The second kappa shape index (κ2) is 5.74. The lowest BCUT2D eigenvalue weighted by molar-refractivity contribution is -0.122. The van der Waals surface area contributed by atoms with Crippen LogP contribution in [0.1, 0.15) is 18.4 Å². The maximum Gasteiger partial charge on any atom is 0.140 e. The van der Waals surface area contributed by atoms with Crippen molar-refractivity contribution in [3.63, 3.8) is 0 Å². The SMILES string of the molecule is O=C(Cc1ccc(F)c(Br)c1)C1CCNCC1. The molecule has 0 aromatic heterocycles. The second-order valence-electron chi connectivity index (χ2n) is 4.42. The Bertz CT molecular complexity index is 416. The van der Waals surface area contributed by atoms with Gasteiger partial charge >= 0.3 is 0 Å². The summed E-state index contributed by atoms with van der Waals surface area (Å²) in [6.45, 7) is 1.84. The summed E-state index contributed by atoms with van der Waals surface area (Å²) in [6.07, 6.45) is 2.24. The molecule has 0 radical (unpaired) electrons. The van der Waals surface area contributed by atoms with Gasteiger partial charge in [-0.25, -0.2) is 4.39 Å². The summed E-state index contributed by atoms with van der Waals surface area (Å²) in [5.41, 5.74) is 0.877. The molecule has 1 saturated heterocycles. The Hall–Kier alpha value is -0.740. The molecule has 2 rings (SSSR count). The van der Waals surface area contributed by atoms with Crippen LogP contribution in [-0.4, -0.2) is 18.9 Å². The number of hydrogen-bond acceptors (Lipinski definition) is 2. The zero-order chi connectivity index (χ0) is 12.3. The Morgan fingerprint density at radius 3 is 2.76 bits per heavy atom. The smallest absolute Gasteiger partial charge is 0.140 e. The van der Waals surface area contributed by atoms with Crippen molar-refractivity contribution >= 4 is 21.7 Å². The molecule has 1 fully saturated rings. The first-order valence-corrected chi connectivity index (χ1v) is 6.63. The number of rotatable bonds is 3. The fourth-order valence-electron chi connectivity index (χ4n) is 2.14. The van der Waals surface area contributed by atoms with E-state index in [1.54, 1.807) is 12.1 Å². The number of ketones is 1. The van der Waals surface area contributed by atoms with Crippen LogP contribution in [-0.2, 0) is 11.2 Å². The van der Waals surface area contributed by atoms with Crippen molar-refractivity contribution in [2.45, 2.75) is 19.3 Å². The van der Waals surface area contributed by atoms with E-state index in [2.05, 4.69) is 21.2 Å². The van der Waals surface area contributed by atoms with Gasteiger partial charge in [0, 0.05) is 12.3 Å². The lowest BCUT2D eigenvalue weighted by atomic mass is 9.90. The molecular formula is C13H15BrFNO. The Kier molecular flexibility index (Phi) is 4.29.